The molecular weight excluding hydrogens is 520 g/mol. The minimum Gasteiger partial charge on any atom is -0.455 e. The minimum atomic E-state index is -0.651. The Morgan fingerprint density at radius 2 is 1.00 bits per heavy atom. The van der Waals surface area contributed by atoms with Crippen LogP contribution in [-0.2, 0) is 0 Å². The second-order valence-electron chi connectivity index (χ2n) is 10.4. The van der Waals surface area contributed by atoms with E-state index >= 15 is 0 Å². The maximum absolute atomic E-state index is 9.84. The maximum Gasteiger partial charge on any atom is 0.143 e. The lowest BCUT2D eigenvalue weighted by molar-refractivity contribution is 0.670. The molecule has 200 valence electrons. The highest BCUT2D eigenvalue weighted by Crippen LogP contribution is 2.48. The van der Waals surface area contributed by atoms with Crippen LogP contribution < -0.4 is 0 Å². The first kappa shape index (κ1) is 15.5. The van der Waals surface area contributed by atoms with Crippen LogP contribution in [-0.4, -0.2) is 0 Å². The Balaban J connectivity index is 1.52. The number of hydrogen-bond acceptors (Lipinski definition) is 1. The molecule has 1 heterocycles. The number of para-hydroxylation sites is 2. The fraction of sp³-hybridized carbons (Fsp3) is 0. The first-order valence-electron chi connectivity index (χ1n) is 19.4. The Hall–Kier alpha value is -5.66. The van der Waals surface area contributed by atoms with Crippen molar-refractivity contribution in [2.75, 3.05) is 0 Å². The smallest absolute Gasteiger partial charge is 0.143 e. The zero-order valence-electron chi connectivity index (χ0n) is 33.6. The molecule has 0 aliphatic carbocycles. The van der Waals surface area contributed by atoms with E-state index in [9.17, 15) is 4.11 Å². The molecule has 0 amide bonds. The molecule has 0 atom stereocenters. The maximum atomic E-state index is 9.84. The van der Waals surface area contributed by atoms with Gasteiger partial charge in [-0.15, -0.1) is 0 Å². The van der Waals surface area contributed by atoms with Gasteiger partial charge in [0.25, 0.3) is 0 Å². The van der Waals surface area contributed by atoms with Gasteiger partial charge in [-0.1, -0.05) is 139 Å². The van der Waals surface area contributed by atoms with Crippen LogP contribution >= 0.6 is 0 Å². The van der Waals surface area contributed by atoms with Gasteiger partial charge in [0.2, 0.25) is 0 Å². The van der Waals surface area contributed by atoms with Crippen LogP contribution in [0.3, 0.4) is 0 Å². The van der Waals surface area contributed by atoms with Gasteiger partial charge in [-0.2, -0.15) is 0 Å². The predicted molar refractivity (Wildman–Crippen MR) is 183 cm³/mol. The van der Waals surface area contributed by atoms with E-state index in [2.05, 4.69) is 0 Å². The average molecular weight is 558 g/mol. The molecule has 0 fully saturated rings. The SMILES string of the molecule is [2H]c1c([2H])c([2H])c(-c2c([2H])c(-c3c4ccccc4c(-c4cccc5c4oc4ccccc45)c4ccccc34)c3c([2H])c([2H])c([2H])c([2H])c3c2[2H])c([2H])c1[2H]. The largest absolute Gasteiger partial charge is 0.455 e. The zero-order valence-corrected chi connectivity index (χ0v) is 22.6. The van der Waals surface area contributed by atoms with Crippen LogP contribution in [0.2, 0.25) is 0 Å². The molecular formula is C42H26O. The highest BCUT2D eigenvalue weighted by atomic mass is 16.3. The van der Waals surface area contributed by atoms with E-state index in [0.717, 1.165) is 38.3 Å². The monoisotopic (exact) mass is 557 g/mol. The summed E-state index contributed by atoms with van der Waals surface area (Å²) in [6.07, 6.45) is 0. The van der Waals surface area contributed by atoms with Gasteiger partial charge in [0.1, 0.15) is 11.2 Å². The number of benzene rings is 8. The lowest BCUT2D eigenvalue weighted by atomic mass is 9.83. The second kappa shape index (κ2) is 9.44. The van der Waals surface area contributed by atoms with E-state index in [0.29, 0.717) is 21.9 Å². The number of furan rings is 1. The fourth-order valence-corrected chi connectivity index (χ4v) is 6.26. The van der Waals surface area contributed by atoms with Crippen molar-refractivity contribution in [1.82, 2.24) is 0 Å². The summed E-state index contributed by atoms with van der Waals surface area (Å²) in [6.45, 7) is 0. The fourth-order valence-electron chi connectivity index (χ4n) is 6.26. The molecule has 9 aromatic rings. The van der Waals surface area contributed by atoms with Crippen molar-refractivity contribution in [3.63, 3.8) is 0 Å². The van der Waals surface area contributed by atoms with E-state index in [1.165, 1.54) is 0 Å². The zero-order chi connectivity index (χ0) is 37.9. The van der Waals surface area contributed by atoms with Crippen LogP contribution in [0.15, 0.2) is 162 Å². The summed E-state index contributed by atoms with van der Waals surface area (Å²) in [5.74, 6) is 0. The summed E-state index contributed by atoms with van der Waals surface area (Å²) < 4.78 is 104. The van der Waals surface area contributed by atoms with Crippen molar-refractivity contribution >= 4 is 54.3 Å². The van der Waals surface area contributed by atoms with Gasteiger partial charge in [-0.25, -0.2) is 0 Å². The molecule has 0 saturated heterocycles. The van der Waals surface area contributed by atoms with Crippen LogP contribution in [0.5, 0.6) is 0 Å². The minimum absolute atomic E-state index is 0.0516. The summed E-state index contributed by atoms with van der Waals surface area (Å²) >= 11 is 0. The molecule has 0 saturated carbocycles. The number of rotatable bonds is 3. The van der Waals surface area contributed by atoms with Gasteiger partial charge in [-0.05, 0) is 72.7 Å². The molecule has 0 spiro atoms. The Bertz CT molecular complexity index is 3040. The molecule has 0 aliphatic heterocycles. The van der Waals surface area contributed by atoms with Crippen molar-refractivity contribution in [3.05, 3.63) is 157 Å². The summed E-state index contributed by atoms with van der Waals surface area (Å²) in [4.78, 5) is 0. The van der Waals surface area contributed by atoms with Gasteiger partial charge >= 0.3 is 0 Å². The summed E-state index contributed by atoms with van der Waals surface area (Å²) in [6, 6.07) is 22.6. The van der Waals surface area contributed by atoms with Gasteiger partial charge < -0.3 is 4.42 Å². The quantitative estimate of drug-likeness (QED) is 0.197. The Morgan fingerprint density at radius 3 is 1.72 bits per heavy atom. The molecule has 8 aromatic carbocycles. The molecule has 0 radical (unpaired) electrons. The third kappa shape index (κ3) is 3.65. The molecule has 9 rings (SSSR count). The molecule has 0 N–H and O–H groups in total. The van der Waals surface area contributed by atoms with Crippen molar-refractivity contribution < 1.29 is 19.5 Å². The van der Waals surface area contributed by atoms with Crippen LogP contribution in [0, 0.1) is 0 Å². The van der Waals surface area contributed by atoms with Crippen molar-refractivity contribution in [1.29, 1.82) is 0 Å². The van der Waals surface area contributed by atoms with E-state index in [4.69, 9.17) is 15.4 Å². The molecule has 1 aromatic heterocycles. The van der Waals surface area contributed by atoms with Gasteiger partial charge in [0, 0.05) is 21.9 Å². The van der Waals surface area contributed by atoms with Gasteiger partial charge in [0.15, 0.2) is 0 Å². The van der Waals surface area contributed by atoms with E-state index in [1.54, 1.807) is 0 Å². The Morgan fingerprint density at radius 1 is 0.419 bits per heavy atom. The molecule has 1 heteroatoms. The van der Waals surface area contributed by atoms with E-state index in [-0.39, 0.29) is 21.9 Å². The number of hydrogen-bond donors (Lipinski definition) is 0. The van der Waals surface area contributed by atoms with Crippen molar-refractivity contribution in [2.45, 2.75) is 0 Å². The third-order valence-corrected chi connectivity index (χ3v) is 8.04. The standard InChI is InChI=1S/C42H26O/c1-2-13-27(14-3-1)29-25-28-15-4-5-16-30(28)38(26-29)41-34-20-8-6-18-32(34)40(33-19-7-9-21-35(33)41)37-23-12-22-36-31-17-10-11-24-39(31)43-42(36)37/h1-26H/i1D,2D,3D,4D,5D,13D,14D,15D,16D,25D,26D. The molecule has 0 unspecified atom stereocenters. The Labute approximate surface area is 264 Å². The lowest BCUT2D eigenvalue weighted by Gasteiger charge is -2.19. The lowest BCUT2D eigenvalue weighted by Crippen LogP contribution is -1.92. The van der Waals surface area contributed by atoms with E-state index < -0.39 is 72.0 Å². The predicted octanol–water partition coefficient (Wildman–Crippen LogP) is 12.0. The Kier molecular flexibility index (Phi) is 3.41. The number of fused-ring (bicyclic) bond motifs is 6. The summed E-state index contributed by atoms with van der Waals surface area (Å²) in [7, 11) is 0. The molecule has 1 nitrogen and oxygen atoms in total. The van der Waals surface area contributed by atoms with Crippen molar-refractivity contribution in [3.8, 4) is 33.4 Å². The summed E-state index contributed by atoms with van der Waals surface area (Å²) in [5.41, 5.74) is 2.85. The normalized spacial score (nSPS) is 15.3. The van der Waals surface area contributed by atoms with Gasteiger partial charge in [-0.3, -0.25) is 0 Å². The first-order valence-corrected chi connectivity index (χ1v) is 13.9. The molecule has 0 aliphatic rings. The van der Waals surface area contributed by atoms with E-state index in [1.807, 2.05) is 91.0 Å². The average Bonchev–Trinajstić information content (AvgIpc) is 3.57. The second-order valence-corrected chi connectivity index (χ2v) is 10.4. The first-order chi connectivity index (χ1) is 25.9. The molecule has 0 bridgehead atoms. The van der Waals surface area contributed by atoms with Crippen LogP contribution in [0.1, 0.15) is 15.1 Å². The van der Waals surface area contributed by atoms with Crippen LogP contribution in [0.4, 0.5) is 0 Å². The summed E-state index contributed by atoms with van der Waals surface area (Å²) in [5, 5.41) is 4.38. The van der Waals surface area contributed by atoms with Crippen molar-refractivity contribution in [2.24, 2.45) is 0 Å². The third-order valence-electron chi connectivity index (χ3n) is 8.04. The highest BCUT2D eigenvalue weighted by Gasteiger charge is 2.21. The highest BCUT2D eigenvalue weighted by molar-refractivity contribution is 6.26. The van der Waals surface area contributed by atoms with Crippen LogP contribution in [0.25, 0.3) is 87.6 Å². The topological polar surface area (TPSA) is 13.1 Å². The molecule has 43 heavy (non-hydrogen) atoms. The van der Waals surface area contributed by atoms with Gasteiger partial charge in [0.05, 0.1) is 15.1 Å².